The molecule has 1 aromatic heterocycles. The van der Waals surface area contributed by atoms with E-state index in [4.69, 9.17) is 4.74 Å². The smallest absolute Gasteiger partial charge is 0.227 e. The number of carbonyl (C=O) groups is 1. The van der Waals surface area contributed by atoms with Gasteiger partial charge in [-0.15, -0.1) is 0 Å². The summed E-state index contributed by atoms with van der Waals surface area (Å²) in [5, 5.41) is 3.03. The van der Waals surface area contributed by atoms with Crippen LogP contribution < -0.4 is 15.0 Å². The summed E-state index contributed by atoms with van der Waals surface area (Å²) in [7, 11) is 0. The van der Waals surface area contributed by atoms with Crippen molar-refractivity contribution in [2.45, 2.75) is 19.8 Å². The second-order valence-corrected chi connectivity index (χ2v) is 7.34. The predicted octanol–water partition coefficient (Wildman–Crippen LogP) is 4.40. The Balaban J connectivity index is 1.34. The fourth-order valence-corrected chi connectivity index (χ4v) is 3.70. The van der Waals surface area contributed by atoms with Gasteiger partial charge in [-0.05, 0) is 44.0 Å². The summed E-state index contributed by atoms with van der Waals surface area (Å²) in [5.74, 6) is 1.80. The standard InChI is InChI=1S/C24H26N4O2/c1-2-30-21-10-8-20(9-11-21)27-24(29)19-12-14-28(15-13-19)23-16-22(25-17-26-23)18-6-4-3-5-7-18/h3-11,16-17,19H,2,12-15H2,1H3,(H,27,29). The lowest BCUT2D eigenvalue weighted by atomic mass is 9.95. The first-order valence-corrected chi connectivity index (χ1v) is 10.4. The predicted molar refractivity (Wildman–Crippen MR) is 119 cm³/mol. The molecular formula is C24H26N4O2. The van der Waals surface area contributed by atoms with Gasteiger partial charge < -0.3 is 15.0 Å². The number of aromatic nitrogens is 2. The molecule has 6 nitrogen and oxygen atoms in total. The zero-order chi connectivity index (χ0) is 20.8. The fraction of sp³-hybridized carbons (Fsp3) is 0.292. The van der Waals surface area contributed by atoms with Crippen molar-refractivity contribution in [1.82, 2.24) is 9.97 Å². The van der Waals surface area contributed by atoms with E-state index in [2.05, 4.69) is 20.2 Å². The number of rotatable bonds is 6. The molecule has 0 saturated carbocycles. The minimum absolute atomic E-state index is 0.00301. The lowest BCUT2D eigenvalue weighted by Gasteiger charge is -2.32. The van der Waals surface area contributed by atoms with Crippen LogP contribution in [0.3, 0.4) is 0 Å². The van der Waals surface area contributed by atoms with Crippen LogP contribution in [0.25, 0.3) is 11.3 Å². The molecule has 3 aromatic rings. The summed E-state index contributed by atoms with van der Waals surface area (Å²) in [6.07, 6.45) is 3.21. The Kier molecular flexibility index (Phi) is 6.23. The van der Waals surface area contributed by atoms with Crippen molar-refractivity contribution in [1.29, 1.82) is 0 Å². The zero-order valence-electron chi connectivity index (χ0n) is 17.1. The molecule has 6 heteroatoms. The number of hydrogen-bond donors (Lipinski definition) is 1. The van der Waals surface area contributed by atoms with E-state index >= 15 is 0 Å². The topological polar surface area (TPSA) is 67.3 Å². The van der Waals surface area contributed by atoms with E-state index in [-0.39, 0.29) is 11.8 Å². The minimum Gasteiger partial charge on any atom is -0.494 e. The SMILES string of the molecule is CCOc1ccc(NC(=O)C2CCN(c3cc(-c4ccccc4)ncn3)CC2)cc1. The molecule has 2 heterocycles. The molecule has 0 atom stereocenters. The molecule has 1 fully saturated rings. The third kappa shape index (κ3) is 4.76. The van der Waals surface area contributed by atoms with Crippen molar-refractivity contribution in [3.63, 3.8) is 0 Å². The Morgan fingerprint density at radius 2 is 1.80 bits per heavy atom. The van der Waals surface area contributed by atoms with Crippen LogP contribution in [0, 0.1) is 5.92 Å². The first-order valence-electron chi connectivity index (χ1n) is 10.4. The lowest BCUT2D eigenvalue weighted by Crippen LogP contribution is -2.38. The monoisotopic (exact) mass is 402 g/mol. The number of anilines is 2. The van der Waals surface area contributed by atoms with Crippen molar-refractivity contribution in [3.8, 4) is 17.0 Å². The van der Waals surface area contributed by atoms with Crippen LogP contribution in [-0.2, 0) is 4.79 Å². The molecule has 1 saturated heterocycles. The number of amides is 1. The number of ether oxygens (including phenoxy) is 1. The van der Waals surface area contributed by atoms with Crippen LogP contribution in [0.5, 0.6) is 5.75 Å². The molecular weight excluding hydrogens is 376 g/mol. The van der Waals surface area contributed by atoms with E-state index in [1.165, 1.54) is 0 Å². The Morgan fingerprint density at radius 1 is 1.07 bits per heavy atom. The van der Waals surface area contributed by atoms with Gasteiger partial charge in [0.15, 0.2) is 0 Å². The molecule has 1 aliphatic rings. The maximum absolute atomic E-state index is 12.7. The Labute approximate surface area is 176 Å². The molecule has 4 rings (SSSR count). The van der Waals surface area contributed by atoms with Gasteiger partial charge in [0, 0.05) is 36.3 Å². The van der Waals surface area contributed by atoms with Crippen LogP contribution in [0.2, 0.25) is 0 Å². The van der Waals surface area contributed by atoms with Gasteiger partial charge >= 0.3 is 0 Å². The van der Waals surface area contributed by atoms with E-state index in [9.17, 15) is 4.79 Å². The normalized spacial score (nSPS) is 14.4. The highest BCUT2D eigenvalue weighted by Gasteiger charge is 2.26. The Morgan fingerprint density at radius 3 is 2.50 bits per heavy atom. The van der Waals surface area contributed by atoms with Crippen molar-refractivity contribution >= 4 is 17.4 Å². The number of hydrogen-bond acceptors (Lipinski definition) is 5. The third-order valence-electron chi connectivity index (χ3n) is 5.34. The van der Waals surface area contributed by atoms with Crippen LogP contribution in [0.1, 0.15) is 19.8 Å². The second kappa shape index (κ2) is 9.39. The number of nitrogens with zero attached hydrogens (tertiary/aromatic N) is 3. The van der Waals surface area contributed by atoms with Crippen molar-refractivity contribution in [2.75, 3.05) is 29.9 Å². The van der Waals surface area contributed by atoms with E-state index in [0.717, 1.165) is 54.4 Å². The molecule has 2 aromatic carbocycles. The molecule has 0 radical (unpaired) electrons. The van der Waals surface area contributed by atoms with Gasteiger partial charge in [-0.25, -0.2) is 9.97 Å². The highest BCUT2D eigenvalue weighted by molar-refractivity contribution is 5.92. The molecule has 0 unspecified atom stereocenters. The van der Waals surface area contributed by atoms with Crippen LogP contribution in [0.4, 0.5) is 11.5 Å². The van der Waals surface area contributed by atoms with Gasteiger partial charge in [-0.2, -0.15) is 0 Å². The Hall–Kier alpha value is -3.41. The molecule has 154 valence electrons. The number of carbonyl (C=O) groups excluding carboxylic acids is 1. The molecule has 1 N–H and O–H groups in total. The van der Waals surface area contributed by atoms with Crippen LogP contribution in [-0.4, -0.2) is 35.6 Å². The summed E-state index contributed by atoms with van der Waals surface area (Å²) >= 11 is 0. The molecule has 1 amide bonds. The minimum atomic E-state index is 0.00301. The van der Waals surface area contributed by atoms with Gasteiger partial charge in [-0.3, -0.25) is 4.79 Å². The van der Waals surface area contributed by atoms with Crippen molar-refractivity contribution in [2.24, 2.45) is 5.92 Å². The van der Waals surface area contributed by atoms with Gasteiger partial charge in [0.2, 0.25) is 5.91 Å². The molecule has 0 spiro atoms. The van der Waals surface area contributed by atoms with Gasteiger partial charge in [0.05, 0.1) is 12.3 Å². The van der Waals surface area contributed by atoms with Crippen molar-refractivity contribution < 1.29 is 9.53 Å². The second-order valence-electron chi connectivity index (χ2n) is 7.34. The van der Waals surface area contributed by atoms with Crippen molar-refractivity contribution in [3.05, 3.63) is 67.0 Å². The molecule has 30 heavy (non-hydrogen) atoms. The number of benzene rings is 2. The summed E-state index contributed by atoms with van der Waals surface area (Å²) in [4.78, 5) is 23.8. The summed E-state index contributed by atoms with van der Waals surface area (Å²) in [5.41, 5.74) is 2.79. The van der Waals surface area contributed by atoms with Gasteiger partial charge in [-0.1, -0.05) is 30.3 Å². The highest BCUT2D eigenvalue weighted by atomic mass is 16.5. The fourth-order valence-electron chi connectivity index (χ4n) is 3.70. The number of nitrogens with one attached hydrogen (secondary N) is 1. The van der Waals surface area contributed by atoms with E-state index in [1.807, 2.05) is 67.6 Å². The van der Waals surface area contributed by atoms with E-state index in [1.54, 1.807) is 6.33 Å². The maximum atomic E-state index is 12.7. The summed E-state index contributed by atoms with van der Waals surface area (Å²) < 4.78 is 5.44. The van der Waals surface area contributed by atoms with E-state index < -0.39 is 0 Å². The average Bonchev–Trinajstić information content (AvgIpc) is 2.81. The lowest BCUT2D eigenvalue weighted by molar-refractivity contribution is -0.120. The van der Waals surface area contributed by atoms with Gasteiger partial charge in [0.1, 0.15) is 17.9 Å². The zero-order valence-corrected chi connectivity index (χ0v) is 17.1. The first-order chi connectivity index (χ1) is 14.7. The van der Waals surface area contributed by atoms with E-state index in [0.29, 0.717) is 6.61 Å². The van der Waals surface area contributed by atoms with Gasteiger partial charge in [0.25, 0.3) is 0 Å². The third-order valence-corrected chi connectivity index (χ3v) is 5.34. The molecule has 0 aliphatic carbocycles. The summed E-state index contributed by atoms with van der Waals surface area (Å²) in [6, 6.07) is 19.6. The number of piperidine rings is 1. The molecule has 0 bridgehead atoms. The van der Waals surface area contributed by atoms with Crippen LogP contribution >= 0.6 is 0 Å². The average molecular weight is 402 g/mol. The highest BCUT2D eigenvalue weighted by Crippen LogP contribution is 2.26. The van der Waals surface area contributed by atoms with Crippen LogP contribution in [0.15, 0.2) is 67.0 Å². The quantitative estimate of drug-likeness (QED) is 0.662. The Bertz CT molecular complexity index is 968. The largest absolute Gasteiger partial charge is 0.494 e. The summed E-state index contributed by atoms with van der Waals surface area (Å²) in [6.45, 7) is 4.18. The molecule has 1 aliphatic heterocycles. The first kappa shape index (κ1) is 19.9. The maximum Gasteiger partial charge on any atom is 0.227 e.